The molecule has 1 atom stereocenters. The summed E-state index contributed by atoms with van der Waals surface area (Å²) in [6.45, 7) is 0.340. The van der Waals surface area contributed by atoms with E-state index < -0.39 is 17.9 Å². The van der Waals surface area contributed by atoms with E-state index in [9.17, 15) is 19.1 Å². The van der Waals surface area contributed by atoms with Crippen molar-refractivity contribution in [3.8, 4) is 0 Å². The standard InChI is InChI=1S/C16H17FN2O3S/c17-12-5-3-11(4-6-12)10-19-16(22)15(21)18-8-7-13(20)14-2-1-9-23-14/h1-6,9,13,20H,7-8,10H2,(H,18,21)(H,19,22)/t13-/m1/s1. The first-order valence-electron chi connectivity index (χ1n) is 7.08. The van der Waals surface area contributed by atoms with Crippen molar-refractivity contribution in [2.75, 3.05) is 6.54 Å². The van der Waals surface area contributed by atoms with Crippen molar-refractivity contribution < 1.29 is 19.1 Å². The number of thiophene rings is 1. The van der Waals surface area contributed by atoms with Gasteiger partial charge in [0.2, 0.25) is 0 Å². The van der Waals surface area contributed by atoms with Crippen LogP contribution >= 0.6 is 11.3 Å². The normalized spacial score (nSPS) is 11.7. The molecule has 7 heteroatoms. The van der Waals surface area contributed by atoms with E-state index in [1.807, 2.05) is 17.5 Å². The predicted molar refractivity (Wildman–Crippen MR) is 85.2 cm³/mol. The highest BCUT2D eigenvalue weighted by Gasteiger charge is 2.14. The lowest BCUT2D eigenvalue weighted by Gasteiger charge is -2.10. The van der Waals surface area contributed by atoms with Gasteiger partial charge in [0.15, 0.2) is 0 Å². The quantitative estimate of drug-likeness (QED) is 0.703. The van der Waals surface area contributed by atoms with Crippen LogP contribution in [0.2, 0.25) is 0 Å². The molecule has 0 saturated carbocycles. The molecule has 2 amide bonds. The highest BCUT2D eigenvalue weighted by atomic mass is 32.1. The number of hydrogen-bond donors (Lipinski definition) is 3. The van der Waals surface area contributed by atoms with Gasteiger partial charge in [0, 0.05) is 18.0 Å². The molecule has 0 spiro atoms. The number of hydrogen-bond acceptors (Lipinski definition) is 4. The molecule has 5 nitrogen and oxygen atoms in total. The van der Waals surface area contributed by atoms with Crippen LogP contribution in [-0.2, 0) is 16.1 Å². The van der Waals surface area contributed by atoms with Crippen LogP contribution in [0.25, 0.3) is 0 Å². The number of aliphatic hydroxyl groups excluding tert-OH is 1. The number of carbonyl (C=O) groups is 2. The molecular weight excluding hydrogens is 319 g/mol. The van der Waals surface area contributed by atoms with E-state index >= 15 is 0 Å². The summed E-state index contributed by atoms with van der Waals surface area (Å²) in [6, 6.07) is 9.29. The maximum atomic E-state index is 12.7. The Hall–Kier alpha value is -2.25. The summed E-state index contributed by atoms with van der Waals surface area (Å²) in [7, 11) is 0. The van der Waals surface area contributed by atoms with E-state index in [-0.39, 0.29) is 18.9 Å². The molecule has 1 heterocycles. The van der Waals surface area contributed by atoms with Crippen molar-refractivity contribution in [1.82, 2.24) is 10.6 Å². The van der Waals surface area contributed by atoms with E-state index in [0.29, 0.717) is 12.0 Å². The Morgan fingerprint density at radius 2 is 1.83 bits per heavy atom. The van der Waals surface area contributed by atoms with Crippen molar-refractivity contribution in [3.05, 3.63) is 58.0 Å². The summed E-state index contributed by atoms with van der Waals surface area (Å²) in [5, 5.41) is 16.6. The summed E-state index contributed by atoms with van der Waals surface area (Å²) in [5.74, 6) is -1.88. The molecule has 2 rings (SSSR count). The molecule has 122 valence electrons. The SMILES string of the molecule is O=C(NCC[C@@H](O)c1cccs1)C(=O)NCc1ccc(F)cc1. The van der Waals surface area contributed by atoms with Gasteiger partial charge in [0.05, 0.1) is 6.10 Å². The number of amides is 2. The van der Waals surface area contributed by atoms with Gasteiger partial charge in [0.25, 0.3) is 0 Å². The zero-order chi connectivity index (χ0) is 16.7. The van der Waals surface area contributed by atoms with Gasteiger partial charge in [0.1, 0.15) is 5.82 Å². The molecule has 1 aromatic heterocycles. The van der Waals surface area contributed by atoms with Crippen LogP contribution in [0.3, 0.4) is 0 Å². The lowest BCUT2D eigenvalue weighted by atomic mass is 10.2. The molecule has 0 aliphatic heterocycles. The van der Waals surface area contributed by atoms with Crippen molar-refractivity contribution >= 4 is 23.2 Å². The molecule has 0 bridgehead atoms. The number of benzene rings is 1. The fourth-order valence-electron chi connectivity index (χ4n) is 1.89. The topological polar surface area (TPSA) is 78.4 Å². The number of aliphatic hydroxyl groups is 1. The summed E-state index contributed by atoms with van der Waals surface area (Å²) in [6.07, 6.45) is -0.324. The maximum absolute atomic E-state index is 12.7. The van der Waals surface area contributed by atoms with Gasteiger partial charge in [-0.3, -0.25) is 9.59 Å². The van der Waals surface area contributed by atoms with Gasteiger partial charge >= 0.3 is 11.8 Å². The Labute approximate surface area is 137 Å². The van der Waals surface area contributed by atoms with Gasteiger partial charge in [-0.1, -0.05) is 18.2 Å². The fraction of sp³-hybridized carbons (Fsp3) is 0.250. The van der Waals surface area contributed by atoms with E-state index in [2.05, 4.69) is 10.6 Å². The first-order chi connectivity index (χ1) is 11.1. The summed E-state index contributed by atoms with van der Waals surface area (Å²) in [4.78, 5) is 24.1. The van der Waals surface area contributed by atoms with Crippen LogP contribution in [0.15, 0.2) is 41.8 Å². The Bertz CT molecular complexity index is 644. The molecule has 0 radical (unpaired) electrons. The average Bonchev–Trinajstić information content (AvgIpc) is 3.08. The Balaban J connectivity index is 1.68. The predicted octanol–water partition coefficient (Wildman–Crippen LogP) is 1.74. The summed E-state index contributed by atoms with van der Waals surface area (Å²) < 4.78 is 12.7. The molecule has 2 aromatic rings. The van der Waals surface area contributed by atoms with E-state index in [1.165, 1.54) is 35.6 Å². The Morgan fingerprint density at radius 3 is 2.48 bits per heavy atom. The lowest BCUT2D eigenvalue weighted by molar-refractivity contribution is -0.139. The van der Waals surface area contributed by atoms with Crippen LogP contribution in [0, 0.1) is 5.82 Å². The minimum Gasteiger partial charge on any atom is -0.388 e. The number of nitrogens with one attached hydrogen (secondary N) is 2. The third-order valence-corrected chi connectivity index (χ3v) is 4.12. The monoisotopic (exact) mass is 336 g/mol. The van der Waals surface area contributed by atoms with Crippen LogP contribution < -0.4 is 10.6 Å². The third kappa shape index (κ3) is 5.46. The average molecular weight is 336 g/mol. The van der Waals surface area contributed by atoms with Crippen LogP contribution in [-0.4, -0.2) is 23.5 Å². The third-order valence-electron chi connectivity index (χ3n) is 3.15. The number of carbonyl (C=O) groups excluding carboxylic acids is 2. The Kier molecular flexibility index (Phi) is 6.25. The van der Waals surface area contributed by atoms with Crippen LogP contribution in [0.1, 0.15) is 23.0 Å². The molecule has 0 unspecified atom stereocenters. The first kappa shape index (κ1) is 17.1. The van der Waals surface area contributed by atoms with Gasteiger partial charge in [-0.15, -0.1) is 11.3 Å². The maximum Gasteiger partial charge on any atom is 0.309 e. The summed E-state index contributed by atoms with van der Waals surface area (Å²) >= 11 is 1.43. The van der Waals surface area contributed by atoms with Gasteiger partial charge in [-0.05, 0) is 35.6 Å². The zero-order valence-electron chi connectivity index (χ0n) is 12.3. The highest BCUT2D eigenvalue weighted by molar-refractivity contribution is 7.10. The van der Waals surface area contributed by atoms with Crippen molar-refractivity contribution in [2.45, 2.75) is 19.1 Å². The van der Waals surface area contributed by atoms with Crippen LogP contribution in [0.5, 0.6) is 0 Å². The molecule has 0 fully saturated rings. The fourth-order valence-corrected chi connectivity index (χ4v) is 2.64. The van der Waals surface area contributed by atoms with E-state index in [4.69, 9.17) is 0 Å². The van der Waals surface area contributed by atoms with Crippen molar-refractivity contribution in [3.63, 3.8) is 0 Å². The molecule has 3 N–H and O–H groups in total. The lowest BCUT2D eigenvalue weighted by Crippen LogP contribution is -2.40. The smallest absolute Gasteiger partial charge is 0.309 e. The molecule has 0 aliphatic rings. The number of halogens is 1. The first-order valence-corrected chi connectivity index (χ1v) is 7.96. The van der Waals surface area contributed by atoms with Crippen molar-refractivity contribution in [1.29, 1.82) is 0 Å². The minimum absolute atomic E-state index is 0.143. The second-order valence-corrected chi connectivity index (χ2v) is 5.86. The van der Waals surface area contributed by atoms with Gasteiger partial charge in [-0.2, -0.15) is 0 Å². The molecule has 0 aliphatic carbocycles. The molecule has 23 heavy (non-hydrogen) atoms. The zero-order valence-corrected chi connectivity index (χ0v) is 13.1. The molecular formula is C16H17FN2O3S. The van der Waals surface area contributed by atoms with Crippen LogP contribution in [0.4, 0.5) is 4.39 Å². The van der Waals surface area contributed by atoms with Gasteiger partial charge in [-0.25, -0.2) is 4.39 Å². The second kappa shape index (κ2) is 8.40. The number of rotatable bonds is 6. The minimum atomic E-state index is -0.764. The largest absolute Gasteiger partial charge is 0.388 e. The highest BCUT2D eigenvalue weighted by Crippen LogP contribution is 2.20. The Morgan fingerprint density at radius 1 is 1.13 bits per heavy atom. The summed E-state index contributed by atoms with van der Waals surface area (Å²) in [5.41, 5.74) is 0.695. The molecule has 1 aromatic carbocycles. The van der Waals surface area contributed by atoms with E-state index in [1.54, 1.807) is 0 Å². The van der Waals surface area contributed by atoms with E-state index in [0.717, 1.165) is 4.88 Å². The van der Waals surface area contributed by atoms with Crippen molar-refractivity contribution in [2.24, 2.45) is 0 Å². The van der Waals surface area contributed by atoms with Gasteiger partial charge < -0.3 is 15.7 Å². The second-order valence-electron chi connectivity index (χ2n) is 4.88. The molecule has 0 saturated heterocycles.